The number of carbonyl (C=O) groups excluding carboxylic acids is 1. The van der Waals surface area contributed by atoms with Gasteiger partial charge in [-0.25, -0.2) is 0 Å². The molecular weight excluding hydrogens is 268 g/mol. The van der Waals surface area contributed by atoms with Crippen LogP contribution in [0, 0.1) is 5.92 Å². The van der Waals surface area contributed by atoms with E-state index in [4.69, 9.17) is 9.47 Å². The predicted octanol–water partition coefficient (Wildman–Crippen LogP) is 1.03. The highest BCUT2D eigenvalue weighted by atomic mass is 16.5. The molecule has 5 heteroatoms. The van der Waals surface area contributed by atoms with Gasteiger partial charge in [0.15, 0.2) is 0 Å². The van der Waals surface area contributed by atoms with Gasteiger partial charge >= 0.3 is 0 Å². The Hall–Kier alpha value is -1.59. The first-order chi connectivity index (χ1) is 10.2. The molecular formula is C16H22N2O3. The first-order valence-corrected chi connectivity index (χ1v) is 7.42. The van der Waals surface area contributed by atoms with E-state index in [0.29, 0.717) is 0 Å². The molecule has 0 unspecified atom stereocenters. The van der Waals surface area contributed by atoms with Crippen LogP contribution in [-0.4, -0.2) is 50.3 Å². The smallest absolute Gasteiger partial charge is 0.225 e. The van der Waals surface area contributed by atoms with E-state index in [1.54, 1.807) is 14.2 Å². The Morgan fingerprint density at radius 3 is 3.10 bits per heavy atom. The third kappa shape index (κ3) is 3.04. The highest BCUT2D eigenvalue weighted by Gasteiger charge is 2.44. The van der Waals surface area contributed by atoms with Crippen molar-refractivity contribution in [2.24, 2.45) is 5.92 Å². The second-order valence-electron chi connectivity index (χ2n) is 5.80. The number of methoxy groups -OCH3 is 1. The van der Waals surface area contributed by atoms with E-state index in [1.807, 2.05) is 12.1 Å². The second-order valence-corrected chi connectivity index (χ2v) is 5.80. The SMILES string of the molecule is CNC(=O)[C@@H]1C[C@H]2CN(Cc3cccc(OC)c3)C[C@@H]1O2. The lowest BCUT2D eigenvalue weighted by Crippen LogP contribution is -2.44. The molecule has 2 fully saturated rings. The number of nitrogens with one attached hydrogen (secondary N) is 1. The van der Waals surface area contributed by atoms with Crippen LogP contribution < -0.4 is 10.1 Å². The average molecular weight is 290 g/mol. The maximum absolute atomic E-state index is 11.9. The lowest BCUT2D eigenvalue weighted by Gasteiger charge is -2.32. The van der Waals surface area contributed by atoms with Gasteiger partial charge in [-0.1, -0.05) is 12.1 Å². The van der Waals surface area contributed by atoms with E-state index < -0.39 is 0 Å². The molecule has 0 aliphatic carbocycles. The fraction of sp³-hybridized carbons (Fsp3) is 0.562. The standard InChI is InChI=1S/C16H22N2O3/c1-17-16(19)14-7-13-9-18(10-15(14)21-13)8-11-4-3-5-12(6-11)20-2/h3-6,13-15H,7-10H2,1-2H3,(H,17,19)/t13-,14+,15-/m0/s1. The second kappa shape index (κ2) is 6.03. The van der Waals surface area contributed by atoms with Gasteiger partial charge in [0.1, 0.15) is 5.75 Å². The van der Waals surface area contributed by atoms with E-state index in [-0.39, 0.29) is 24.0 Å². The van der Waals surface area contributed by atoms with Crippen molar-refractivity contribution in [2.75, 3.05) is 27.2 Å². The molecule has 3 rings (SSSR count). The van der Waals surface area contributed by atoms with Gasteiger partial charge in [0.2, 0.25) is 5.91 Å². The van der Waals surface area contributed by atoms with Crippen molar-refractivity contribution in [1.82, 2.24) is 10.2 Å². The summed E-state index contributed by atoms with van der Waals surface area (Å²) in [6, 6.07) is 8.13. The highest BCUT2D eigenvalue weighted by molar-refractivity contribution is 5.79. The number of rotatable bonds is 4. The Morgan fingerprint density at radius 1 is 1.48 bits per heavy atom. The largest absolute Gasteiger partial charge is 0.497 e. The van der Waals surface area contributed by atoms with Gasteiger partial charge in [-0.05, 0) is 24.1 Å². The van der Waals surface area contributed by atoms with Gasteiger partial charge in [-0.2, -0.15) is 0 Å². The molecule has 2 bridgehead atoms. The number of amides is 1. The number of carbonyl (C=O) groups is 1. The third-order valence-corrected chi connectivity index (χ3v) is 4.36. The molecule has 3 atom stereocenters. The molecule has 1 amide bonds. The van der Waals surface area contributed by atoms with Gasteiger partial charge in [-0.15, -0.1) is 0 Å². The van der Waals surface area contributed by atoms with E-state index in [2.05, 4.69) is 22.3 Å². The van der Waals surface area contributed by atoms with E-state index in [1.165, 1.54) is 5.56 Å². The summed E-state index contributed by atoms with van der Waals surface area (Å²) in [4.78, 5) is 14.3. The van der Waals surface area contributed by atoms with Crippen LogP contribution in [0.1, 0.15) is 12.0 Å². The Labute approximate surface area is 125 Å². The van der Waals surface area contributed by atoms with Crippen molar-refractivity contribution in [3.05, 3.63) is 29.8 Å². The van der Waals surface area contributed by atoms with Crippen LogP contribution in [0.5, 0.6) is 5.75 Å². The summed E-state index contributed by atoms with van der Waals surface area (Å²) in [6.07, 6.45) is 1.03. The lowest BCUT2D eigenvalue weighted by atomic mass is 10.00. The van der Waals surface area contributed by atoms with Crippen molar-refractivity contribution in [3.63, 3.8) is 0 Å². The molecule has 2 heterocycles. The predicted molar refractivity (Wildman–Crippen MR) is 79.1 cm³/mol. The lowest BCUT2D eigenvalue weighted by molar-refractivity contribution is -0.127. The Bertz CT molecular complexity index is 520. The van der Waals surface area contributed by atoms with Crippen LogP contribution >= 0.6 is 0 Å². The molecule has 0 spiro atoms. The van der Waals surface area contributed by atoms with E-state index >= 15 is 0 Å². The van der Waals surface area contributed by atoms with E-state index in [0.717, 1.165) is 31.8 Å². The van der Waals surface area contributed by atoms with Gasteiger partial charge in [0, 0.05) is 26.7 Å². The number of hydrogen-bond donors (Lipinski definition) is 1. The zero-order valence-electron chi connectivity index (χ0n) is 12.5. The van der Waals surface area contributed by atoms with Crippen LogP contribution in [0.2, 0.25) is 0 Å². The van der Waals surface area contributed by atoms with Gasteiger partial charge in [0.25, 0.3) is 0 Å². The normalized spacial score (nSPS) is 28.4. The molecule has 2 aliphatic rings. The highest BCUT2D eigenvalue weighted by Crippen LogP contribution is 2.32. The Morgan fingerprint density at radius 2 is 2.33 bits per heavy atom. The van der Waals surface area contributed by atoms with Crippen LogP contribution in [0.25, 0.3) is 0 Å². The van der Waals surface area contributed by atoms with Gasteiger partial charge < -0.3 is 14.8 Å². The summed E-state index contributed by atoms with van der Waals surface area (Å²) in [6.45, 7) is 2.57. The first-order valence-electron chi connectivity index (χ1n) is 7.42. The number of nitrogens with zero attached hydrogens (tertiary/aromatic N) is 1. The van der Waals surface area contributed by atoms with Crippen LogP contribution in [0.3, 0.4) is 0 Å². The molecule has 21 heavy (non-hydrogen) atoms. The van der Waals surface area contributed by atoms with Crippen molar-refractivity contribution in [2.45, 2.75) is 25.2 Å². The van der Waals surface area contributed by atoms with Gasteiger partial charge in [0.05, 0.1) is 25.2 Å². The Balaban J connectivity index is 1.65. The Kier molecular flexibility index (Phi) is 4.12. The summed E-state index contributed by atoms with van der Waals surface area (Å²) in [5, 5.41) is 2.75. The maximum Gasteiger partial charge on any atom is 0.225 e. The van der Waals surface area contributed by atoms with Crippen LogP contribution in [-0.2, 0) is 16.1 Å². The van der Waals surface area contributed by atoms with Crippen molar-refractivity contribution in [3.8, 4) is 5.75 Å². The van der Waals surface area contributed by atoms with Gasteiger partial charge in [-0.3, -0.25) is 9.69 Å². The van der Waals surface area contributed by atoms with Crippen LogP contribution in [0.15, 0.2) is 24.3 Å². The molecule has 0 saturated carbocycles. The third-order valence-electron chi connectivity index (χ3n) is 4.36. The summed E-state index contributed by atoms with van der Waals surface area (Å²) in [7, 11) is 3.38. The number of ether oxygens (including phenoxy) is 2. The summed E-state index contributed by atoms with van der Waals surface area (Å²) >= 11 is 0. The molecule has 2 aliphatic heterocycles. The topological polar surface area (TPSA) is 50.8 Å². The minimum atomic E-state index is -0.00434. The molecule has 1 aromatic rings. The monoisotopic (exact) mass is 290 g/mol. The molecule has 0 radical (unpaired) electrons. The molecule has 1 N–H and O–H groups in total. The number of fused-ring (bicyclic) bond motifs is 2. The molecule has 0 aromatic heterocycles. The molecule has 2 saturated heterocycles. The summed E-state index contributed by atoms with van der Waals surface area (Å²) in [5.41, 5.74) is 1.23. The minimum Gasteiger partial charge on any atom is -0.497 e. The zero-order chi connectivity index (χ0) is 14.8. The van der Waals surface area contributed by atoms with E-state index in [9.17, 15) is 4.79 Å². The maximum atomic E-state index is 11.9. The minimum absolute atomic E-state index is 0.00434. The van der Waals surface area contributed by atoms with Crippen molar-refractivity contribution < 1.29 is 14.3 Å². The number of benzene rings is 1. The molecule has 1 aromatic carbocycles. The first kappa shape index (κ1) is 14.4. The molecule has 114 valence electrons. The summed E-state index contributed by atoms with van der Waals surface area (Å²) in [5.74, 6) is 0.980. The number of likely N-dealkylation sites (tertiary alicyclic amines) is 1. The number of hydrogen-bond acceptors (Lipinski definition) is 4. The quantitative estimate of drug-likeness (QED) is 0.900. The molecule has 5 nitrogen and oxygen atoms in total. The van der Waals surface area contributed by atoms with Crippen molar-refractivity contribution >= 4 is 5.91 Å². The zero-order valence-corrected chi connectivity index (χ0v) is 12.5. The fourth-order valence-corrected chi connectivity index (χ4v) is 3.36. The fourth-order valence-electron chi connectivity index (χ4n) is 3.36. The van der Waals surface area contributed by atoms with Crippen molar-refractivity contribution in [1.29, 1.82) is 0 Å². The summed E-state index contributed by atoms with van der Waals surface area (Å²) < 4.78 is 11.2. The van der Waals surface area contributed by atoms with Crippen LogP contribution in [0.4, 0.5) is 0 Å². The number of morpholine rings is 1. The average Bonchev–Trinajstić information content (AvgIpc) is 2.81.